The van der Waals surface area contributed by atoms with Crippen LogP contribution in [0.2, 0.25) is 0 Å². The average Bonchev–Trinajstić information content (AvgIpc) is 2.71. The molecular formula is C12H18N2O4. The molecule has 6 heteroatoms. The lowest BCUT2D eigenvalue weighted by atomic mass is 10.1. The highest BCUT2D eigenvalue weighted by atomic mass is 16.5. The number of aromatic nitrogens is 2. The zero-order chi connectivity index (χ0) is 13.7. The Morgan fingerprint density at radius 1 is 1.50 bits per heavy atom. The molecule has 1 heterocycles. The van der Waals surface area contributed by atoms with Gasteiger partial charge in [0.2, 0.25) is 0 Å². The number of carbonyl (C=O) groups excluding carboxylic acids is 1. The molecular weight excluding hydrogens is 236 g/mol. The largest absolute Gasteiger partial charge is 0.478 e. The predicted molar refractivity (Wildman–Crippen MR) is 64.6 cm³/mol. The molecule has 0 aliphatic heterocycles. The van der Waals surface area contributed by atoms with E-state index in [9.17, 15) is 9.59 Å². The fourth-order valence-corrected chi connectivity index (χ4v) is 1.43. The number of aryl methyl sites for hydroxylation is 1. The number of carbonyl (C=O) groups is 2. The third-order valence-corrected chi connectivity index (χ3v) is 2.40. The molecule has 0 aromatic carbocycles. The highest BCUT2D eigenvalue weighted by molar-refractivity contribution is 6.00. The Labute approximate surface area is 106 Å². The first-order valence-electron chi connectivity index (χ1n) is 5.93. The van der Waals surface area contributed by atoms with Gasteiger partial charge in [0.1, 0.15) is 5.56 Å². The van der Waals surface area contributed by atoms with Gasteiger partial charge in [-0.05, 0) is 19.3 Å². The number of carboxylic acid groups (broad SMARTS) is 1. The topological polar surface area (TPSA) is 81.4 Å². The van der Waals surface area contributed by atoms with Crippen molar-refractivity contribution in [1.29, 1.82) is 0 Å². The fraction of sp³-hybridized carbons (Fsp3) is 0.583. The van der Waals surface area contributed by atoms with Gasteiger partial charge in [0, 0.05) is 12.7 Å². The number of rotatable bonds is 6. The Morgan fingerprint density at radius 2 is 2.17 bits per heavy atom. The van der Waals surface area contributed by atoms with Crippen LogP contribution in [0.15, 0.2) is 6.20 Å². The second-order valence-corrected chi connectivity index (χ2v) is 4.36. The van der Waals surface area contributed by atoms with Gasteiger partial charge in [-0.1, -0.05) is 13.8 Å². The van der Waals surface area contributed by atoms with Crippen LogP contribution in [0.1, 0.15) is 48.0 Å². The van der Waals surface area contributed by atoms with Gasteiger partial charge in [-0.3, -0.25) is 4.68 Å². The van der Waals surface area contributed by atoms with E-state index in [1.54, 1.807) is 6.92 Å². The predicted octanol–water partition coefficient (Wildman–Crippen LogP) is 1.80. The van der Waals surface area contributed by atoms with E-state index in [1.807, 2.05) is 0 Å². The molecule has 0 bridgehead atoms. The summed E-state index contributed by atoms with van der Waals surface area (Å²) in [7, 11) is 0. The maximum atomic E-state index is 11.6. The van der Waals surface area contributed by atoms with Gasteiger partial charge >= 0.3 is 11.9 Å². The summed E-state index contributed by atoms with van der Waals surface area (Å²) in [6.45, 7) is 6.56. The second-order valence-electron chi connectivity index (χ2n) is 4.36. The van der Waals surface area contributed by atoms with Crippen LogP contribution in [-0.4, -0.2) is 33.4 Å². The van der Waals surface area contributed by atoms with E-state index in [2.05, 4.69) is 18.9 Å². The van der Waals surface area contributed by atoms with Crippen LogP contribution in [0.25, 0.3) is 0 Å². The summed E-state index contributed by atoms with van der Waals surface area (Å²) >= 11 is 0. The summed E-state index contributed by atoms with van der Waals surface area (Å²) in [6.07, 6.45) is 2.24. The number of carboxylic acids is 1. The van der Waals surface area contributed by atoms with Crippen LogP contribution in [0, 0.1) is 5.92 Å². The van der Waals surface area contributed by atoms with E-state index in [1.165, 1.54) is 10.9 Å². The molecule has 0 fully saturated rings. The number of aromatic carboxylic acids is 1. The van der Waals surface area contributed by atoms with Crippen molar-refractivity contribution >= 4 is 11.9 Å². The molecule has 1 aromatic rings. The Balaban J connectivity index is 2.93. The standard InChI is InChI=1S/C12H18N2O4/c1-4-18-12(17)10-9(11(15)16)7-14(13-10)6-5-8(2)3/h7-8H,4-6H2,1-3H3,(H,15,16). The smallest absolute Gasteiger partial charge is 0.359 e. The normalized spacial score (nSPS) is 10.7. The van der Waals surface area contributed by atoms with Crippen LogP contribution in [0.5, 0.6) is 0 Å². The Morgan fingerprint density at radius 3 is 2.67 bits per heavy atom. The van der Waals surface area contributed by atoms with E-state index >= 15 is 0 Å². The summed E-state index contributed by atoms with van der Waals surface area (Å²) in [5.41, 5.74) is -0.245. The first-order chi connectivity index (χ1) is 8.45. The van der Waals surface area contributed by atoms with Crippen molar-refractivity contribution in [1.82, 2.24) is 9.78 Å². The van der Waals surface area contributed by atoms with Crippen LogP contribution in [0.3, 0.4) is 0 Å². The molecule has 0 saturated carbocycles. The highest BCUT2D eigenvalue weighted by Crippen LogP contribution is 2.11. The Bertz CT molecular complexity index is 437. The molecule has 1 rings (SSSR count). The molecule has 100 valence electrons. The van der Waals surface area contributed by atoms with E-state index in [0.717, 1.165) is 6.42 Å². The first kappa shape index (κ1) is 14.2. The second kappa shape index (κ2) is 6.18. The molecule has 0 spiro atoms. The molecule has 18 heavy (non-hydrogen) atoms. The maximum absolute atomic E-state index is 11.6. The minimum atomic E-state index is -1.17. The van der Waals surface area contributed by atoms with Gasteiger partial charge in [0.25, 0.3) is 0 Å². The first-order valence-corrected chi connectivity index (χ1v) is 5.93. The summed E-state index contributed by atoms with van der Waals surface area (Å²) in [5, 5.41) is 13.0. The van der Waals surface area contributed by atoms with Crippen molar-refractivity contribution in [3.05, 3.63) is 17.5 Å². The lowest BCUT2D eigenvalue weighted by Gasteiger charge is -2.03. The Kier molecular flexibility index (Phi) is 4.88. The van der Waals surface area contributed by atoms with Crippen molar-refractivity contribution < 1.29 is 19.4 Å². The van der Waals surface area contributed by atoms with Gasteiger partial charge in [0.15, 0.2) is 5.69 Å². The van der Waals surface area contributed by atoms with E-state index < -0.39 is 11.9 Å². The van der Waals surface area contributed by atoms with Gasteiger partial charge in [-0.15, -0.1) is 0 Å². The molecule has 0 radical (unpaired) electrons. The molecule has 1 aromatic heterocycles. The van der Waals surface area contributed by atoms with Crippen molar-refractivity contribution in [3.8, 4) is 0 Å². The van der Waals surface area contributed by atoms with Crippen LogP contribution < -0.4 is 0 Å². The number of ether oxygens (including phenoxy) is 1. The molecule has 0 amide bonds. The van der Waals surface area contributed by atoms with Gasteiger partial charge < -0.3 is 9.84 Å². The molecule has 6 nitrogen and oxygen atoms in total. The lowest BCUT2D eigenvalue weighted by Crippen LogP contribution is -2.11. The van der Waals surface area contributed by atoms with E-state index in [0.29, 0.717) is 12.5 Å². The molecule has 1 N–H and O–H groups in total. The average molecular weight is 254 g/mol. The SMILES string of the molecule is CCOC(=O)c1nn(CCC(C)C)cc1C(=O)O. The molecule has 0 aliphatic carbocycles. The van der Waals surface area contributed by atoms with Crippen LogP contribution in [0.4, 0.5) is 0 Å². The third kappa shape index (κ3) is 3.58. The van der Waals surface area contributed by atoms with Gasteiger partial charge in [-0.2, -0.15) is 5.10 Å². The molecule has 0 atom stereocenters. The fourth-order valence-electron chi connectivity index (χ4n) is 1.43. The molecule has 0 unspecified atom stereocenters. The minimum absolute atomic E-state index is 0.114. The number of esters is 1. The minimum Gasteiger partial charge on any atom is -0.478 e. The lowest BCUT2D eigenvalue weighted by molar-refractivity contribution is 0.0507. The maximum Gasteiger partial charge on any atom is 0.359 e. The van der Waals surface area contributed by atoms with Crippen molar-refractivity contribution in [2.75, 3.05) is 6.61 Å². The Hall–Kier alpha value is -1.85. The van der Waals surface area contributed by atoms with Gasteiger partial charge in [-0.25, -0.2) is 9.59 Å². The molecule has 0 saturated heterocycles. The zero-order valence-corrected chi connectivity index (χ0v) is 10.8. The van der Waals surface area contributed by atoms with E-state index in [4.69, 9.17) is 9.84 Å². The highest BCUT2D eigenvalue weighted by Gasteiger charge is 2.22. The number of nitrogens with zero attached hydrogens (tertiary/aromatic N) is 2. The zero-order valence-electron chi connectivity index (χ0n) is 10.8. The number of hydrogen-bond donors (Lipinski definition) is 1. The van der Waals surface area contributed by atoms with Gasteiger partial charge in [0.05, 0.1) is 6.61 Å². The summed E-state index contributed by atoms with van der Waals surface area (Å²) in [5.74, 6) is -1.39. The summed E-state index contributed by atoms with van der Waals surface area (Å²) in [4.78, 5) is 22.6. The third-order valence-electron chi connectivity index (χ3n) is 2.40. The van der Waals surface area contributed by atoms with Crippen molar-refractivity contribution in [2.45, 2.75) is 33.7 Å². The monoisotopic (exact) mass is 254 g/mol. The summed E-state index contributed by atoms with van der Waals surface area (Å²) < 4.78 is 6.26. The number of hydrogen-bond acceptors (Lipinski definition) is 4. The van der Waals surface area contributed by atoms with E-state index in [-0.39, 0.29) is 17.9 Å². The van der Waals surface area contributed by atoms with Crippen molar-refractivity contribution in [2.24, 2.45) is 5.92 Å². The van der Waals surface area contributed by atoms with Crippen LogP contribution in [-0.2, 0) is 11.3 Å². The quantitative estimate of drug-likeness (QED) is 0.783. The summed E-state index contributed by atoms with van der Waals surface area (Å²) in [6, 6.07) is 0. The van der Waals surface area contributed by atoms with Crippen LogP contribution >= 0.6 is 0 Å². The van der Waals surface area contributed by atoms with Crippen molar-refractivity contribution in [3.63, 3.8) is 0 Å². The molecule has 0 aliphatic rings.